The second-order valence-electron chi connectivity index (χ2n) is 5.50. The van der Waals surface area contributed by atoms with E-state index in [4.69, 9.17) is 0 Å². The van der Waals surface area contributed by atoms with Gasteiger partial charge in [-0.1, -0.05) is 38.1 Å². The van der Waals surface area contributed by atoms with E-state index in [-0.39, 0.29) is 0 Å². The minimum absolute atomic E-state index is 0.548. The lowest BCUT2D eigenvalue weighted by Gasteiger charge is -2.11. The fraction of sp³-hybridized carbons (Fsp3) is 0.412. The van der Waals surface area contributed by atoms with E-state index >= 15 is 0 Å². The van der Waals surface area contributed by atoms with Crippen LogP contribution >= 0.6 is 0 Å². The van der Waals surface area contributed by atoms with Crippen molar-refractivity contribution >= 4 is 0 Å². The molecule has 0 radical (unpaired) electrons. The highest BCUT2D eigenvalue weighted by molar-refractivity contribution is 5.56. The van der Waals surface area contributed by atoms with Crippen LogP contribution in [0, 0.1) is 13.8 Å². The van der Waals surface area contributed by atoms with Gasteiger partial charge < -0.3 is 5.32 Å². The van der Waals surface area contributed by atoms with Crippen molar-refractivity contribution in [3.05, 3.63) is 46.8 Å². The maximum absolute atomic E-state index is 4.65. The summed E-state index contributed by atoms with van der Waals surface area (Å²) in [6.45, 7) is 9.31. The number of benzene rings is 1. The third-order valence-corrected chi connectivity index (χ3v) is 3.61. The smallest absolute Gasteiger partial charge is 0.159 e. The molecular weight excluding hydrogens is 246 g/mol. The Morgan fingerprint density at radius 3 is 2.00 bits per heavy atom. The van der Waals surface area contributed by atoms with Gasteiger partial charge in [-0.25, -0.2) is 9.97 Å². The molecule has 0 amide bonds. The molecule has 2 rings (SSSR count). The summed E-state index contributed by atoms with van der Waals surface area (Å²) < 4.78 is 0. The van der Waals surface area contributed by atoms with Crippen molar-refractivity contribution in [1.29, 1.82) is 0 Å². The topological polar surface area (TPSA) is 37.8 Å². The number of nitrogens with zero attached hydrogens (tertiary/aromatic N) is 2. The van der Waals surface area contributed by atoms with Gasteiger partial charge in [0.2, 0.25) is 0 Å². The number of hydrogen-bond donors (Lipinski definition) is 1. The first-order chi connectivity index (χ1) is 9.52. The van der Waals surface area contributed by atoms with Crippen LogP contribution in [0.15, 0.2) is 24.3 Å². The Balaban J connectivity index is 2.38. The number of aromatic nitrogens is 2. The third kappa shape index (κ3) is 3.05. The van der Waals surface area contributed by atoms with E-state index in [1.165, 1.54) is 11.1 Å². The molecule has 106 valence electrons. The average Bonchev–Trinajstić information content (AvgIpc) is 2.42. The van der Waals surface area contributed by atoms with Crippen molar-refractivity contribution in [2.45, 2.75) is 40.2 Å². The molecule has 0 fully saturated rings. The SMILES string of the molecule is CNCc1c(C)nc(-c2ccc(C(C)C)cc2)nc1C. The zero-order chi connectivity index (χ0) is 14.7. The maximum Gasteiger partial charge on any atom is 0.159 e. The molecule has 0 saturated carbocycles. The van der Waals surface area contributed by atoms with E-state index in [1.807, 2.05) is 20.9 Å². The van der Waals surface area contributed by atoms with Crippen molar-refractivity contribution in [3.8, 4) is 11.4 Å². The van der Waals surface area contributed by atoms with Gasteiger partial charge in [-0.3, -0.25) is 0 Å². The first-order valence-electron chi connectivity index (χ1n) is 7.12. The van der Waals surface area contributed by atoms with E-state index in [0.29, 0.717) is 5.92 Å². The summed E-state index contributed by atoms with van der Waals surface area (Å²) in [5.41, 5.74) is 5.71. The minimum Gasteiger partial charge on any atom is -0.316 e. The van der Waals surface area contributed by atoms with E-state index in [2.05, 4.69) is 53.4 Å². The van der Waals surface area contributed by atoms with Crippen LogP contribution in [-0.4, -0.2) is 17.0 Å². The van der Waals surface area contributed by atoms with Crippen LogP contribution in [0.2, 0.25) is 0 Å². The molecule has 0 atom stereocenters. The summed E-state index contributed by atoms with van der Waals surface area (Å²) in [6.07, 6.45) is 0. The molecule has 1 aromatic carbocycles. The number of hydrogen-bond acceptors (Lipinski definition) is 3. The van der Waals surface area contributed by atoms with Gasteiger partial charge in [0.15, 0.2) is 5.82 Å². The van der Waals surface area contributed by atoms with Gasteiger partial charge in [0.25, 0.3) is 0 Å². The van der Waals surface area contributed by atoms with Crippen molar-refractivity contribution in [2.24, 2.45) is 0 Å². The molecule has 0 spiro atoms. The molecule has 0 unspecified atom stereocenters. The second-order valence-corrected chi connectivity index (χ2v) is 5.50. The normalized spacial score (nSPS) is 11.1. The summed E-state index contributed by atoms with van der Waals surface area (Å²) in [7, 11) is 1.94. The van der Waals surface area contributed by atoms with Gasteiger partial charge in [-0.2, -0.15) is 0 Å². The molecule has 3 heteroatoms. The summed E-state index contributed by atoms with van der Waals surface area (Å²) in [5, 5.41) is 3.16. The number of rotatable bonds is 4. The molecular formula is C17H23N3. The van der Waals surface area contributed by atoms with Crippen LogP contribution < -0.4 is 5.32 Å². The molecule has 0 bridgehead atoms. The van der Waals surface area contributed by atoms with Gasteiger partial charge in [-0.05, 0) is 32.4 Å². The van der Waals surface area contributed by atoms with E-state index in [1.54, 1.807) is 0 Å². The Kier molecular flexibility index (Phi) is 4.50. The summed E-state index contributed by atoms with van der Waals surface area (Å²) in [6, 6.07) is 8.55. The highest BCUT2D eigenvalue weighted by atomic mass is 14.9. The van der Waals surface area contributed by atoms with Crippen molar-refractivity contribution < 1.29 is 0 Å². The lowest BCUT2D eigenvalue weighted by molar-refractivity contribution is 0.787. The molecule has 0 saturated heterocycles. The molecule has 0 aliphatic heterocycles. The number of nitrogens with one attached hydrogen (secondary N) is 1. The monoisotopic (exact) mass is 269 g/mol. The van der Waals surface area contributed by atoms with Crippen LogP contribution in [0.5, 0.6) is 0 Å². The summed E-state index contributed by atoms with van der Waals surface area (Å²) in [4.78, 5) is 9.29. The first kappa shape index (κ1) is 14.7. The van der Waals surface area contributed by atoms with Crippen molar-refractivity contribution in [2.75, 3.05) is 7.05 Å². The van der Waals surface area contributed by atoms with E-state index < -0.39 is 0 Å². The van der Waals surface area contributed by atoms with Gasteiger partial charge in [0.05, 0.1) is 0 Å². The lowest BCUT2D eigenvalue weighted by atomic mass is 10.0. The second kappa shape index (κ2) is 6.14. The average molecular weight is 269 g/mol. The van der Waals surface area contributed by atoms with Crippen molar-refractivity contribution in [3.63, 3.8) is 0 Å². The molecule has 1 N–H and O–H groups in total. The Labute approximate surface area is 121 Å². The van der Waals surface area contributed by atoms with Crippen LogP contribution in [0.25, 0.3) is 11.4 Å². The van der Waals surface area contributed by atoms with E-state index in [0.717, 1.165) is 29.3 Å². The van der Waals surface area contributed by atoms with Crippen LogP contribution in [0.4, 0.5) is 0 Å². The highest BCUT2D eigenvalue weighted by Gasteiger charge is 2.09. The molecule has 0 aliphatic rings. The van der Waals surface area contributed by atoms with E-state index in [9.17, 15) is 0 Å². The van der Waals surface area contributed by atoms with Gasteiger partial charge in [-0.15, -0.1) is 0 Å². The first-order valence-corrected chi connectivity index (χ1v) is 7.12. The largest absolute Gasteiger partial charge is 0.316 e. The number of aryl methyl sites for hydroxylation is 2. The highest BCUT2D eigenvalue weighted by Crippen LogP contribution is 2.22. The Hall–Kier alpha value is -1.74. The van der Waals surface area contributed by atoms with Gasteiger partial charge in [0, 0.05) is 29.1 Å². The molecule has 2 aromatic rings. The molecule has 1 heterocycles. The maximum atomic E-state index is 4.65. The van der Waals surface area contributed by atoms with Crippen LogP contribution in [0.1, 0.15) is 42.3 Å². The van der Waals surface area contributed by atoms with Crippen LogP contribution in [0.3, 0.4) is 0 Å². The standard InChI is InChI=1S/C17H23N3/c1-11(2)14-6-8-15(9-7-14)17-19-12(3)16(10-18-5)13(4)20-17/h6-9,11,18H,10H2,1-5H3. The zero-order valence-corrected chi connectivity index (χ0v) is 13.0. The summed E-state index contributed by atoms with van der Waals surface area (Å²) in [5.74, 6) is 1.36. The molecule has 0 aliphatic carbocycles. The van der Waals surface area contributed by atoms with Gasteiger partial charge in [0.1, 0.15) is 0 Å². The minimum atomic E-state index is 0.548. The Morgan fingerprint density at radius 2 is 1.55 bits per heavy atom. The lowest BCUT2D eigenvalue weighted by Crippen LogP contribution is -2.11. The Bertz CT molecular complexity index is 563. The zero-order valence-electron chi connectivity index (χ0n) is 13.0. The van der Waals surface area contributed by atoms with Crippen molar-refractivity contribution in [1.82, 2.24) is 15.3 Å². The molecule has 3 nitrogen and oxygen atoms in total. The Morgan fingerprint density at radius 1 is 1.00 bits per heavy atom. The fourth-order valence-electron chi connectivity index (χ4n) is 2.32. The van der Waals surface area contributed by atoms with Crippen LogP contribution in [-0.2, 0) is 6.54 Å². The third-order valence-electron chi connectivity index (χ3n) is 3.61. The summed E-state index contributed by atoms with van der Waals surface area (Å²) >= 11 is 0. The predicted molar refractivity (Wildman–Crippen MR) is 83.8 cm³/mol. The molecule has 20 heavy (non-hydrogen) atoms. The van der Waals surface area contributed by atoms with Gasteiger partial charge >= 0.3 is 0 Å². The molecule has 1 aromatic heterocycles. The fourth-order valence-corrected chi connectivity index (χ4v) is 2.32. The quantitative estimate of drug-likeness (QED) is 0.921. The predicted octanol–water partition coefficient (Wildman–Crippen LogP) is 3.60.